The lowest BCUT2D eigenvalue weighted by molar-refractivity contribution is -0.206. The zero-order chi connectivity index (χ0) is 23.3. The van der Waals surface area contributed by atoms with E-state index in [0.717, 1.165) is 12.8 Å². The average Bonchev–Trinajstić information content (AvgIpc) is 3.29. The number of likely N-dealkylation sites (N-methyl/N-ethyl adjacent to an activating group) is 1. The van der Waals surface area contributed by atoms with Crippen molar-refractivity contribution in [1.82, 2.24) is 9.97 Å². The van der Waals surface area contributed by atoms with Crippen molar-refractivity contribution < 1.29 is 23.8 Å². The van der Waals surface area contributed by atoms with Crippen LogP contribution in [0.3, 0.4) is 0 Å². The second-order valence-corrected chi connectivity index (χ2v) is 8.82. The smallest absolute Gasteiger partial charge is 0.195 e. The van der Waals surface area contributed by atoms with E-state index in [4.69, 9.17) is 14.2 Å². The number of rotatable bonds is 6. The summed E-state index contributed by atoms with van der Waals surface area (Å²) in [6.45, 7) is 8.16. The van der Waals surface area contributed by atoms with Gasteiger partial charge in [0.2, 0.25) is 0 Å². The monoisotopic (exact) mass is 465 g/mol. The number of hydrogen-bond acceptors (Lipinski definition) is 9. The Morgan fingerprint density at radius 3 is 2.56 bits per heavy atom. The minimum atomic E-state index is -0.892. The normalized spacial score (nSPS) is 24.3. The summed E-state index contributed by atoms with van der Waals surface area (Å²) in [5.41, 5.74) is 0.215. The average molecular weight is 466 g/mol. The van der Waals surface area contributed by atoms with E-state index < -0.39 is 17.6 Å². The lowest BCUT2D eigenvalue weighted by atomic mass is 9.73. The number of fused-ring (bicyclic) bond motifs is 1. The van der Waals surface area contributed by atoms with Crippen LogP contribution in [0.1, 0.15) is 63.4 Å². The molecule has 32 heavy (non-hydrogen) atoms. The topological polar surface area (TPSA) is 90.9 Å². The SMILES string of the molecule is CC.CCCC1(C2CCCC(C(=O)c3nc(SC)nc4c3OCCN4C)C2=O)OCCO1. The number of hydrogen-bond donors (Lipinski definition) is 0. The Kier molecular flexibility index (Phi) is 8.52. The second-order valence-electron chi connectivity index (χ2n) is 8.04. The maximum absolute atomic E-state index is 13.6. The fourth-order valence-electron chi connectivity index (χ4n) is 4.71. The molecule has 9 heteroatoms. The molecule has 0 N–H and O–H groups in total. The van der Waals surface area contributed by atoms with Crippen LogP contribution in [0.15, 0.2) is 5.16 Å². The number of ketones is 2. The summed E-state index contributed by atoms with van der Waals surface area (Å²) in [6, 6.07) is 0. The molecule has 1 saturated carbocycles. The largest absolute Gasteiger partial charge is 0.486 e. The van der Waals surface area contributed by atoms with Gasteiger partial charge in [-0.1, -0.05) is 45.4 Å². The molecule has 3 aliphatic rings. The van der Waals surface area contributed by atoms with Gasteiger partial charge in [-0.25, -0.2) is 9.97 Å². The van der Waals surface area contributed by atoms with E-state index >= 15 is 0 Å². The first kappa shape index (κ1) is 24.9. The van der Waals surface area contributed by atoms with E-state index in [1.807, 2.05) is 39.0 Å². The van der Waals surface area contributed by atoms with Crippen molar-refractivity contribution in [2.45, 2.75) is 63.8 Å². The highest BCUT2D eigenvalue weighted by Crippen LogP contribution is 2.43. The zero-order valence-corrected chi connectivity index (χ0v) is 20.6. The Hall–Kier alpha value is -1.71. The summed E-state index contributed by atoms with van der Waals surface area (Å²) < 4.78 is 17.7. The fraction of sp³-hybridized carbons (Fsp3) is 0.739. The van der Waals surface area contributed by atoms with Gasteiger partial charge in [0.1, 0.15) is 6.61 Å². The van der Waals surface area contributed by atoms with Crippen LogP contribution in [0.25, 0.3) is 0 Å². The Balaban J connectivity index is 0.00000141. The van der Waals surface area contributed by atoms with Gasteiger partial charge in [-0.2, -0.15) is 0 Å². The molecule has 1 aromatic heterocycles. The van der Waals surface area contributed by atoms with Gasteiger partial charge in [-0.3, -0.25) is 9.59 Å². The van der Waals surface area contributed by atoms with Crippen LogP contribution in [0.2, 0.25) is 0 Å². The molecule has 1 saturated heterocycles. The van der Waals surface area contributed by atoms with Crippen molar-refractivity contribution >= 4 is 29.1 Å². The number of anilines is 1. The number of aromatic nitrogens is 2. The predicted octanol–water partition coefficient (Wildman–Crippen LogP) is 3.76. The molecule has 2 unspecified atom stereocenters. The molecule has 8 nitrogen and oxygen atoms in total. The first-order valence-electron chi connectivity index (χ1n) is 11.7. The van der Waals surface area contributed by atoms with E-state index in [-0.39, 0.29) is 17.3 Å². The summed E-state index contributed by atoms with van der Waals surface area (Å²) in [5.74, 6) is -1.45. The molecular weight excluding hydrogens is 430 g/mol. The number of nitrogens with zero attached hydrogens (tertiary/aromatic N) is 3. The van der Waals surface area contributed by atoms with Crippen LogP contribution in [0.4, 0.5) is 5.82 Å². The van der Waals surface area contributed by atoms with E-state index in [2.05, 4.69) is 9.97 Å². The van der Waals surface area contributed by atoms with Gasteiger partial charge in [-0.15, -0.1) is 0 Å². The van der Waals surface area contributed by atoms with Crippen molar-refractivity contribution in [3.05, 3.63) is 5.69 Å². The third-order valence-corrected chi connectivity index (χ3v) is 6.72. The fourth-order valence-corrected chi connectivity index (χ4v) is 5.07. The number of carbonyl (C=O) groups excluding carboxylic acids is 2. The number of thioether (sulfide) groups is 1. The Bertz CT molecular complexity index is 828. The maximum Gasteiger partial charge on any atom is 0.195 e. The molecular formula is C23H35N3O5S. The van der Waals surface area contributed by atoms with E-state index in [1.165, 1.54) is 11.8 Å². The Morgan fingerprint density at radius 1 is 1.19 bits per heavy atom. The van der Waals surface area contributed by atoms with Crippen molar-refractivity contribution in [2.75, 3.05) is 44.6 Å². The third kappa shape index (κ3) is 4.65. The van der Waals surface area contributed by atoms with Gasteiger partial charge >= 0.3 is 0 Å². The van der Waals surface area contributed by atoms with Crippen LogP contribution in [0, 0.1) is 11.8 Å². The molecule has 2 fully saturated rings. The zero-order valence-electron chi connectivity index (χ0n) is 19.8. The van der Waals surface area contributed by atoms with Gasteiger partial charge in [0.25, 0.3) is 0 Å². The molecule has 1 aromatic rings. The van der Waals surface area contributed by atoms with Crippen molar-refractivity contribution in [3.63, 3.8) is 0 Å². The third-order valence-electron chi connectivity index (χ3n) is 6.17. The van der Waals surface area contributed by atoms with E-state index in [1.54, 1.807) is 0 Å². The summed E-state index contributed by atoms with van der Waals surface area (Å²) in [7, 11) is 1.91. The van der Waals surface area contributed by atoms with Gasteiger partial charge in [0.15, 0.2) is 39.8 Å². The Morgan fingerprint density at radius 2 is 1.91 bits per heavy atom. The van der Waals surface area contributed by atoms with Crippen molar-refractivity contribution in [3.8, 4) is 5.75 Å². The van der Waals surface area contributed by atoms with Crippen LogP contribution >= 0.6 is 11.8 Å². The highest BCUT2D eigenvalue weighted by molar-refractivity contribution is 7.98. The number of Topliss-reactive ketones (excluding diaryl/α,β-unsaturated/α-hetero) is 2. The van der Waals surface area contributed by atoms with E-state index in [9.17, 15) is 9.59 Å². The molecule has 3 heterocycles. The summed E-state index contributed by atoms with van der Waals surface area (Å²) >= 11 is 1.37. The van der Waals surface area contributed by atoms with Gasteiger partial charge in [-0.05, 0) is 19.1 Å². The minimum Gasteiger partial charge on any atom is -0.486 e. The molecule has 2 aliphatic heterocycles. The lowest BCUT2D eigenvalue weighted by Gasteiger charge is -2.39. The lowest BCUT2D eigenvalue weighted by Crippen LogP contribution is -2.49. The molecule has 1 aliphatic carbocycles. The van der Waals surface area contributed by atoms with Crippen LogP contribution in [-0.2, 0) is 14.3 Å². The Labute approximate surface area is 194 Å². The first-order valence-corrected chi connectivity index (χ1v) is 12.9. The van der Waals surface area contributed by atoms with Gasteiger partial charge in [0.05, 0.1) is 31.6 Å². The highest BCUT2D eigenvalue weighted by atomic mass is 32.2. The second kappa shape index (κ2) is 10.9. The van der Waals surface area contributed by atoms with Gasteiger partial charge in [0, 0.05) is 13.5 Å². The molecule has 2 atom stereocenters. The predicted molar refractivity (Wildman–Crippen MR) is 124 cm³/mol. The number of carbonyl (C=O) groups is 2. The van der Waals surface area contributed by atoms with Crippen LogP contribution < -0.4 is 9.64 Å². The molecule has 0 aromatic carbocycles. The van der Waals surface area contributed by atoms with Gasteiger partial charge < -0.3 is 19.1 Å². The standard InChI is InChI=1S/C21H29N3O5S.C2H6/c1-4-8-21(28-11-12-29-21)14-7-5-6-13(16(14)25)17(26)15-18-19(23-20(22-15)30-3)24(2)9-10-27-18;1-2/h13-14H,4-12H2,1-3H3;1-2H3. The van der Waals surface area contributed by atoms with Crippen LogP contribution in [0.5, 0.6) is 5.75 Å². The molecule has 0 amide bonds. The first-order chi connectivity index (χ1) is 15.5. The summed E-state index contributed by atoms with van der Waals surface area (Å²) in [4.78, 5) is 38.0. The maximum atomic E-state index is 13.6. The van der Waals surface area contributed by atoms with E-state index in [0.29, 0.717) is 62.4 Å². The summed E-state index contributed by atoms with van der Waals surface area (Å²) in [5, 5.41) is 0.499. The molecule has 4 rings (SSSR count). The quantitative estimate of drug-likeness (QED) is 0.269. The molecule has 0 radical (unpaired) electrons. The molecule has 0 spiro atoms. The van der Waals surface area contributed by atoms with Crippen molar-refractivity contribution in [1.29, 1.82) is 0 Å². The molecule has 178 valence electrons. The highest BCUT2D eigenvalue weighted by Gasteiger charge is 2.51. The summed E-state index contributed by atoms with van der Waals surface area (Å²) in [6.07, 6.45) is 5.33. The van der Waals surface area contributed by atoms with Crippen LogP contribution in [-0.4, -0.2) is 67.0 Å². The molecule has 0 bridgehead atoms. The number of ether oxygens (including phenoxy) is 3. The van der Waals surface area contributed by atoms with Crippen molar-refractivity contribution in [2.24, 2.45) is 11.8 Å². The minimum absolute atomic E-state index is 0.0937.